The molecule has 2 aromatic rings. The fourth-order valence-corrected chi connectivity index (χ4v) is 4.06. The van der Waals surface area contributed by atoms with Gasteiger partial charge >= 0.3 is 0 Å². The number of nitrogens with one attached hydrogen (secondary N) is 2. The zero-order valence-electron chi connectivity index (χ0n) is 19.8. The molecule has 1 heterocycles. The topological polar surface area (TPSA) is 87.7 Å². The molecule has 0 aromatic heterocycles. The molecule has 34 heavy (non-hydrogen) atoms. The summed E-state index contributed by atoms with van der Waals surface area (Å²) in [5.41, 5.74) is 0.704. The van der Waals surface area contributed by atoms with Crippen LogP contribution in [0, 0.1) is 11.7 Å². The number of halogens is 1. The van der Waals surface area contributed by atoms with E-state index in [1.807, 2.05) is 13.8 Å². The highest BCUT2D eigenvalue weighted by Gasteiger charge is 2.34. The molecule has 3 amide bonds. The van der Waals surface area contributed by atoms with Gasteiger partial charge in [-0.25, -0.2) is 4.39 Å². The summed E-state index contributed by atoms with van der Waals surface area (Å²) in [6, 6.07) is 11.6. The number of amides is 3. The molecule has 182 valence electrons. The number of carbonyl (C=O) groups is 3. The van der Waals surface area contributed by atoms with Crippen molar-refractivity contribution in [3.8, 4) is 5.75 Å². The van der Waals surface area contributed by atoms with Gasteiger partial charge in [-0.1, -0.05) is 19.1 Å². The maximum atomic E-state index is 13.5. The molecule has 0 radical (unpaired) electrons. The van der Waals surface area contributed by atoms with Crippen LogP contribution >= 0.6 is 0 Å². The molecule has 0 spiro atoms. The van der Waals surface area contributed by atoms with Gasteiger partial charge in [0.25, 0.3) is 11.8 Å². The van der Waals surface area contributed by atoms with Gasteiger partial charge in [-0.15, -0.1) is 0 Å². The Morgan fingerprint density at radius 3 is 2.38 bits per heavy atom. The van der Waals surface area contributed by atoms with Crippen LogP contribution in [0.25, 0.3) is 0 Å². The van der Waals surface area contributed by atoms with Crippen molar-refractivity contribution >= 4 is 17.7 Å². The summed E-state index contributed by atoms with van der Waals surface area (Å²) in [6.07, 6.45) is 1.85. The smallest absolute Gasteiger partial charge is 0.253 e. The Bertz CT molecular complexity index is 1020. The van der Waals surface area contributed by atoms with Crippen LogP contribution in [0.5, 0.6) is 5.75 Å². The minimum atomic E-state index is -0.737. The molecule has 1 saturated heterocycles. The third kappa shape index (κ3) is 6.34. The number of ether oxygens (including phenoxy) is 1. The first kappa shape index (κ1) is 25.2. The molecule has 2 aromatic carbocycles. The second-order valence-electron chi connectivity index (χ2n) is 8.64. The fourth-order valence-electron chi connectivity index (χ4n) is 4.06. The van der Waals surface area contributed by atoms with Crippen molar-refractivity contribution in [3.63, 3.8) is 0 Å². The first-order valence-electron chi connectivity index (χ1n) is 11.6. The summed E-state index contributed by atoms with van der Waals surface area (Å²) in [6.45, 7) is 4.73. The summed E-state index contributed by atoms with van der Waals surface area (Å²) in [4.78, 5) is 40.5. The lowest BCUT2D eigenvalue weighted by atomic mass is 9.88. The van der Waals surface area contributed by atoms with Crippen LogP contribution in [-0.2, 0) is 4.79 Å². The van der Waals surface area contributed by atoms with Crippen LogP contribution < -0.4 is 15.4 Å². The molecule has 0 saturated carbocycles. The zero-order chi connectivity index (χ0) is 24.7. The van der Waals surface area contributed by atoms with E-state index in [0.29, 0.717) is 42.8 Å². The van der Waals surface area contributed by atoms with Crippen LogP contribution in [0.3, 0.4) is 0 Å². The molecule has 7 nitrogen and oxygen atoms in total. The number of benzene rings is 2. The van der Waals surface area contributed by atoms with Crippen LogP contribution in [0.15, 0.2) is 48.5 Å². The van der Waals surface area contributed by atoms with Gasteiger partial charge < -0.3 is 20.3 Å². The van der Waals surface area contributed by atoms with E-state index < -0.39 is 11.9 Å². The summed E-state index contributed by atoms with van der Waals surface area (Å²) < 4.78 is 18.7. The summed E-state index contributed by atoms with van der Waals surface area (Å²) in [7, 11) is 1.53. The number of hydrogen-bond donors (Lipinski definition) is 2. The Morgan fingerprint density at radius 1 is 1.06 bits per heavy atom. The van der Waals surface area contributed by atoms with E-state index in [0.717, 1.165) is 6.42 Å². The SMILES string of the molecule is CC[C@H](C)NC(=O)[C@@H](NC(=O)c1cccc(OC)c1)C1CCN(C(=O)c2cccc(F)c2)CC1. The summed E-state index contributed by atoms with van der Waals surface area (Å²) >= 11 is 0. The molecule has 1 fully saturated rings. The van der Waals surface area contributed by atoms with E-state index >= 15 is 0 Å². The first-order valence-corrected chi connectivity index (χ1v) is 11.6. The number of carbonyl (C=O) groups excluding carboxylic acids is 3. The van der Waals surface area contributed by atoms with Crippen LogP contribution in [0.4, 0.5) is 4.39 Å². The van der Waals surface area contributed by atoms with Crippen molar-refractivity contribution < 1.29 is 23.5 Å². The molecule has 1 aliphatic heterocycles. The Labute approximate surface area is 199 Å². The lowest BCUT2D eigenvalue weighted by molar-refractivity contribution is -0.125. The van der Waals surface area contributed by atoms with Crippen molar-refractivity contribution in [1.82, 2.24) is 15.5 Å². The number of methoxy groups -OCH3 is 1. The minimum absolute atomic E-state index is 0.0293. The maximum Gasteiger partial charge on any atom is 0.253 e. The van der Waals surface area contributed by atoms with Gasteiger partial charge in [0.2, 0.25) is 5.91 Å². The third-order valence-corrected chi connectivity index (χ3v) is 6.27. The highest BCUT2D eigenvalue weighted by atomic mass is 19.1. The Hall–Kier alpha value is -3.42. The van der Waals surface area contributed by atoms with Gasteiger partial charge in [0.15, 0.2) is 0 Å². The number of rotatable bonds is 8. The number of likely N-dealkylation sites (tertiary alicyclic amines) is 1. The fraction of sp³-hybridized carbons (Fsp3) is 0.423. The molecule has 0 aliphatic carbocycles. The van der Waals surface area contributed by atoms with E-state index in [4.69, 9.17) is 4.74 Å². The lowest BCUT2D eigenvalue weighted by Gasteiger charge is -2.36. The predicted molar refractivity (Wildman–Crippen MR) is 127 cm³/mol. The monoisotopic (exact) mass is 469 g/mol. The Morgan fingerprint density at radius 2 is 1.74 bits per heavy atom. The molecular weight excluding hydrogens is 437 g/mol. The average Bonchev–Trinajstić information content (AvgIpc) is 2.86. The van der Waals surface area contributed by atoms with E-state index in [9.17, 15) is 18.8 Å². The van der Waals surface area contributed by atoms with Gasteiger partial charge in [-0.05, 0) is 68.5 Å². The maximum absolute atomic E-state index is 13.5. The van der Waals surface area contributed by atoms with E-state index in [-0.39, 0.29) is 29.7 Å². The molecule has 8 heteroatoms. The molecule has 3 rings (SSSR count). The second-order valence-corrected chi connectivity index (χ2v) is 8.64. The van der Waals surface area contributed by atoms with Crippen molar-refractivity contribution in [1.29, 1.82) is 0 Å². The van der Waals surface area contributed by atoms with Crippen LogP contribution in [-0.4, -0.2) is 54.9 Å². The van der Waals surface area contributed by atoms with Gasteiger partial charge in [-0.3, -0.25) is 14.4 Å². The van der Waals surface area contributed by atoms with Crippen molar-refractivity contribution in [2.24, 2.45) is 5.92 Å². The highest BCUT2D eigenvalue weighted by molar-refractivity contribution is 5.98. The normalized spacial score (nSPS) is 15.8. The highest BCUT2D eigenvalue weighted by Crippen LogP contribution is 2.24. The second kappa shape index (κ2) is 11.6. The van der Waals surface area contributed by atoms with E-state index in [1.54, 1.807) is 35.2 Å². The Balaban J connectivity index is 1.71. The van der Waals surface area contributed by atoms with Crippen molar-refractivity contribution in [2.75, 3.05) is 20.2 Å². The van der Waals surface area contributed by atoms with Gasteiger partial charge in [-0.2, -0.15) is 0 Å². The Kier molecular flexibility index (Phi) is 8.62. The van der Waals surface area contributed by atoms with E-state index in [1.165, 1.54) is 25.3 Å². The van der Waals surface area contributed by atoms with Crippen molar-refractivity contribution in [3.05, 3.63) is 65.5 Å². The predicted octanol–water partition coefficient (Wildman–Crippen LogP) is 3.40. The largest absolute Gasteiger partial charge is 0.497 e. The number of nitrogens with zero attached hydrogens (tertiary/aromatic N) is 1. The first-order chi connectivity index (χ1) is 16.3. The minimum Gasteiger partial charge on any atom is -0.497 e. The molecule has 0 unspecified atom stereocenters. The number of hydrogen-bond acceptors (Lipinski definition) is 4. The van der Waals surface area contributed by atoms with Crippen LogP contribution in [0.2, 0.25) is 0 Å². The van der Waals surface area contributed by atoms with E-state index in [2.05, 4.69) is 10.6 Å². The van der Waals surface area contributed by atoms with Crippen LogP contribution in [0.1, 0.15) is 53.8 Å². The standard InChI is InChI=1S/C26H32FN3O4/c1-4-17(2)28-25(32)23(29-24(31)19-7-6-10-22(16-19)34-3)18-11-13-30(14-12-18)26(33)20-8-5-9-21(27)15-20/h5-10,15-18,23H,4,11-14H2,1-3H3,(H,28,32)(H,29,31)/t17-,23-/m0/s1. The van der Waals surface area contributed by atoms with Gasteiger partial charge in [0, 0.05) is 30.3 Å². The molecule has 1 aliphatic rings. The zero-order valence-corrected chi connectivity index (χ0v) is 19.8. The molecule has 2 atom stereocenters. The van der Waals surface area contributed by atoms with Gasteiger partial charge in [0.05, 0.1) is 7.11 Å². The lowest BCUT2D eigenvalue weighted by Crippen LogP contribution is -2.55. The molecule has 2 N–H and O–H groups in total. The molecular formula is C26H32FN3O4. The van der Waals surface area contributed by atoms with Crippen molar-refractivity contribution in [2.45, 2.75) is 45.2 Å². The summed E-state index contributed by atoms with van der Waals surface area (Å²) in [5, 5.41) is 5.88. The summed E-state index contributed by atoms with van der Waals surface area (Å²) in [5.74, 6) is -0.878. The molecule has 0 bridgehead atoms. The number of piperidine rings is 1. The quantitative estimate of drug-likeness (QED) is 0.620. The third-order valence-electron chi connectivity index (χ3n) is 6.27. The van der Waals surface area contributed by atoms with Gasteiger partial charge in [0.1, 0.15) is 17.6 Å². The average molecular weight is 470 g/mol.